The van der Waals surface area contributed by atoms with Gasteiger partial charge in [-0.3, -0.25) is 9.59 Å². The van der Waals surface area contributed by atoms with Crippen molar-refractivity contribution in [1.29, 1.82) is 0 Å². The maximum Gasteiger partial charge on any atom is 0.347 e. The predicted molar refractivity (Wildman–Crippen MR) is 58.1 cm³/mol. The van der Waals surface area contributed by atoms with Crippen molar-refractivity contribution in [3.63, 3.8) is 0 Å². The first-order valence-electron chi connectivity index (χ1n) is 7.78. The molecule has 0 aliphatic rings. The van der Waals surface area contributed by atoms with Crippen molar-refractivity contribution in [2.24, 2.45) is 0 Å². The molecule has 98 valence electrons. The summed E-state index contributed by atoms with van der Waals surface area (Å²) in [7, 11) is 0. The number of hydrogen-bond acceptors (Lipinski definition) is 6. The number of carbonyl (C=O) groups is 3. The summed E-state index contributed by atoms with van der Waals surface area (Å²) in [6.07, 6.45) is -8.66. The molecule has 0 N–H and O–H groups in total. The lowest BCUT2D eigenvalue weighted by molar-refractivity contribution is -0.166. The van der Waals surface area contributed by atoms with Crippen LogP contribution in [0.1, 0.15) is 41.7 Å². The fourth-order valence-corrected chi connectivity index (χ4v) is 0.672. The van der Waals surface area contributed by atoms with Gasteiger partial charge in [0.25, 0.3) is 0 Å². The molecule has 0 aromatic rings. The van der Waals surface area contributed by atoms with Crippen LogP contribution in [0.25, 0.3) is 0 Å². The maximum absolute atomic E-state index is 11.8. The molecule has 6 heteroatoms. The minimum atomic E-state index is -3.59. The molecule has 0 aliphatic carbocycles. The van der Waals surface area contributed by atoms with Gasteiger partial charge in [0.1, 0.15) is 0 Å². The molecule has 0 rings (SSSR count). The first-order valence-corrected chi connectivity index (χ1v) is 4.78. The second-order valence-corrected chi connectivity index (χ2v) is 2.75. The van der Waals surface area contributed by atoms with Crippen LogP contribution < -0.4 is 0 Å². The number of ether oxygens (including phenoxy) is 3. The molecule has 0 heterocycles. The van der Waals surface area contributed by atoms with Crippen LogP contribution in [0.2, 0.25) is 0 Å². The summed E-state index contributed by atoms with van der Waals surface area (Å²) >= 11 is 0. The summed E-state index contributed by atoms with van der Waals surface area (Å²) in [5, 5.41) is 0. The van der Waals surface area contributed by atoms with E-state index in [9.17, 15) is 14.4 Å². The van der Waals surface area contributed by atoms with Crippen molar-refractivity contribution >= 4 is 17.9 Å². The lowest BCUT2D eigenvalue weighted by Crippen LogP contribution is -2.26. The summed E-state index contributed by atoms with van der Waals surface area (Å²) in [6, 6.07) is 0. The Morgan fingerprint density at radius 1 is 1.29 bits per heavy atom. The topological polar surface area (TPSA) is 78.9 Å². The normalized spacial score (nSPS) is 19.2. The largest absolute Gasteiger partial charge is 0.466 e. The van der Waals surface area contributed by atoms with Gasteiger partial charge in [-0.25, -0.2) is 4.79 Å². The number of esters is 3. The third kappa shape index (κ3) is 8.24. The average Bonchev–Trinajstić information content (AvgIpc) is 2.36. The minimum Gasteiger partial charge on any atom is -0.466 e. The Hall–Kier alpha value is -1.59. The molecule has 6 nitrogen and oxygen atoms in total. The van der Waals surface area contributed by atoms with Crippen molar-refractivity contribution in [2.75, 3.05) is 13.2 Å². The number of hydrogen-bond donors (Lipinski definition) is 0. The van der Waals surface area contributed by atoms with Crippen LogP contribution in [0.3, 0.4) is 0 Å². The molecular weight excluding hydrogens is 228 g/mol. The highest BCUT2D eigenvalue weighted by Crippen LogP contribution is 2.00. The van der Waals surface area contributed by atoms with Crippen molar-refractivity contribution in [1.82, 2.24) is 0 Å². The van der Waals surface area contributed by atoms with Gasteiger partial charge in [-0.15, -0.1) is 0 Å². The molecule has 1 atom stereocenters. The van der Waals surface area contributed by atoms with E-state index in [-0.39, 0.29) is 6.61 Å². The molecule has 0 radical (unpaired) electrons. The molecule has 0 fully saturated rings. The summed E-state index contributed by atoms with van der Waals surface area (Å²) in [6.45, 7) is -0.0805. The molecule has 0 aromatic carbocycles. The predicted octanol–water partition coefficient (Wildman–Crippen LogP) is 0.824. The smallest absolute Gasteiger partial charge is 0.347 e. The van der Waals surface area contributed by atoms with Crippen LogP contribution in [0, 0.1) is 0 Å². The summed E-state index contributed by atoms with van der Waals surface area (Å²) in [4.78, 5) is 34.0. The first-order chi connectivity index (χ1) is 10.2. The van der Waals surface area contributed by atoms with Crippen molar-refractivity contribution < 1.29 is 36.8 Å². The van der Waals surface area contributed by atoms with Gasteiger partial charge in [-0.05, 0) is 20.2 Å². The van der Waals surface area contributed by atoms with Crippen LogP contribution in [-0.2, 0) is 28.6 Å². The number of carbonyl (C=O) groups excluding carboxylic acids is 3. The lowest BCUT2D eigenvalue weighted by atomic mass is 10.3. The fourth-order valence-electron chi connectivity index (χ4n) is 0.672. The van der Waals surface area contributed by atoms with E-state index in [1.54, 1.807) is 0 Å². The second kappa shape index (κ2) is 8.55. The van der Waals surface area contributed by atoms with E-state index in [4.69, 9.17) is 8.22 Å². The Balaban J connectivity index is 5.32. The van der Waals surface area contributed by atoms with Gasteiger partial charge in [0.15, 0.2) is 6.10 Å². The van der Waals surface area contributed by atoms with Crippen LogP contribution in [0.5, 0.6) is 0 Å². The zero-order valence-corrected chi connectivity index (χ0v) is 9.73. The Morgan fingerprint density at radius 3 is 2.47 bits per heavy atom. The Kier molecular flexibility index (Phi) is 3.86. The quantitative estimate of drug-likeness (QED) is 0.493. The fraction of sp³-hybridized carbons (Fsp3) is 0.727. The van der Waals surface area contributed by atoms with E-state index in [1.807, 2.05) is 0 Å². The first kappa shape index (κ1) is 7.68. The van der Waals surface area contributed by atoms with Crippen LogP contribution in [-0.4, -0.2) is 37.2 Å². The van der Waals surface area contributed by atoms with Gasteiger partial charge in [-0.1, -0.05) is 0 Å². The van der Waals surface area contributed by atoms with Crippen molar-refractivity contribution in [2.45, 2.75) is 39.6 Å². The highest BCUT2D eigenvalue weighted by Gasteiger charge is 2.18. The monoisotopic (exact) mass is 252 g/mol. The molecule has 0 amide bonds. The van der Waals surface area contributed by atoms with Gasteiger partial charge in [0, 0.05) is 18.8 Å². The zero-order chi connectivity index (χ0) is 18.6. The maximum atomic E-state index is 11.8. The van der Waals surface area contributed by atoms with Crippen LogP contribution in [0.15, 0.2) is 0 Å². The molecular formula is C11H18O6. The van der Waals surface area contributed by atoms with E-state index >= 15 is 0 Å². The molecule has 17 heavy (non-hydrogen) atoms. The van der Waals surface area contributed by atoms with Gasteiger partial charge in [-0.2, -0.15) is 0 Å². The van der Waals surface area contributed by atoms with Crippen molar-refractivity contribution in [3.8, 4) is 0 Å². The van der Waals surface area contributed by atoms with Crippen LogP contribution >= 0.6 is 0 Å². The molecule has 0 saturated carbocycles. The molecule has 0 aromatic heterocycles. The molecule has 0 unspecified atom stereocenters. The van der Waals surface area contributed by atoms with E-state index in [0.717, 1.165) is 13.8 Å². The zero-order valence-electron chi connectivity index (χ0n) is 15.7. The highest BCUT2D eigenvalue weighted by atomic mass is 16.6. The SMILES string of the molecule is [2H]C([2H])(OC(C)=O)C([2H])([2H])C([2H])([2H])C(=O)O[C@@H](C)C(=O)OCC. The minimum absolute atomic E-state index is 0.0105. The summed E-state index contributed by atoms with van der Waals surface area (Å²) in [5.74, 6) is -4.01. The van der Waals surface area contributed by atoms with Gasteiger partial charge < -0.3 is 14.2 Å². The molecule has 0 aliphatic heterocycles. The Bertz CT molecular complexity index is 478. The van der Waals surface area contributed by atoms with E-state index in [1.165, 1.54) is 6.92 Å². The third-order valence-corrected chi connectivity index (χ3v) is 1.31. The lowest BCUT2D eigenvalue weighted by Gasteiger charge is -2.11. The average molecular weight is 252 g/mol. The number of rotatable bonds is 7. The van der Waals surface area contributed by atoms with Crippen molar-refractivity contribution in [3.05, 3.63) is 0 Å². The molecule has 0 spiro atoms. The summed E-state index contributed by atoms with van der Waals surface area (Å²) in [5.41, 5.74) is 0. The standard InChI is InChI=1S/C11H18O6/c1-4-15-11(14)8(2)17-10(13)6-5-7-16-9(3)12/h8H,4-7H2,1-3H3/t8-/m0/s1/i5D2,6D2,7D2. The van der Waals surface area contributed by atoms with E-state index in [2.05, 4.69) is 14.2 Å². The molecule has 0 saturated heterocycles. The van der Waals surface area contributed by atoms with Gasteiger partial charge >= 0.3 is 17.9 Å². The highest BCUT2D eigenvalue weighted by molar-refractivity contribution is 5.78. The Morgan fingerprint density at radius 2 is 1.94 bits per heavy atom. The summed E-state index contributed by atoms with van der Waals surface area (Å²) < 4.78 is 57.9. The third-order valence-electron chi connectivity index (χ3n) is 1.31. The van der Waals surface area contributed by atoms with E-state index in [0.29, 0.717) is 0 Å². The second-order valence-electron chi connectivity index (χ2n) is 2.75. The van der Waals surface area contributed by atoms with E-state index < -0.39 is 43.3 Å². The molecule has 0 bridgehead atoms. The Labute approximate surface area is 109 Å². The van der Waals surface area contributed by atoms with Crippen LogP contribution in [0.4, 0.5) is 0 Å². The van der Waals surface area contributed by atoms with Gasteiger partial charge in [0.05, 0.1) is 15.9 Å². The van der Waals surface area contributed by atoms with Gasteiger partial charge in [0.2, 0.25) is 0 Å².